The van der Waals surface area contributed by atoms with E-state index in [-0.39, 0.29) is 18.6 Å². The van der Waals surface area contributed by atoms with Gasteiger partial charge in [0.2, 0.25) is 0 Å². The number of halogens is 3. The predicted octanol–water partition coefficient (Wildman–Crippen LogP) is 2.91. The van der Waals surface area contributed by atoms with Crippen LogP contribution in [0.3, 0.4) is 0 Å². The number of carboxylic acid groups (broad SMARTS) is 1. The Morgan fingerprint density at radius 3 is 2.75 bits per heavy atom. The first-order valence-corrected chi connectivity index (χ1v) is 5.52. The molecule has 0 radical (unpaired) electrons. The summed E-state index contributed by atoms with van der Waals surface area (Å²) in [6, 6.07) is 4.78. The zero-order valence-electron chi connectivity index (χ0n) is 8.12. The monoisotopic (exact) mass is 342 g/mol. The number of hydrogen-bond donors (Lipinski definition) is 1. The number of benzene rings is 1. The van der Waals surface area contributed by atoms with Crippen molar-refractivity contribution in [1.82, 2.24) is 0 Å². The molecule has 16 heavy (non-hydrogen) atoms. The van der Waals surface area contributed by atoms with Crippen molar-refractivity contribution < 1.29 is 23.4 Å². The smallest absolute Gasteiger partial charge is 0.387 e. The molecule has 1 aromatic carbocycles. The van der Waals surface area contributed by atoms with Crippen LogP contribution < -0.4 is 4.74 Å². The van der Waals surface area contributed by atoms with Gasteiger partial charge in [0.15, 0.2) is 0 Å². The highest BCUT2D eigenvalue weighted by molar-refractivity contribution is 14.1. The zero-order valence-corrected chi connectivity index (χ0v) is 10.3. The lowest BCUT2D eigenvalue weighted by Gasteiger charge is -2.10. The Hall–Kier alpha value is -0.920. The fraction of sp³-hybridized carbons (Fsp3) is 0.300. The Labute approximate surface area is 105 Å². The third-order valence-electron chi connectivity index (χ3n) is 1.85. The molecule has 0 aromatic heterocycles. The average molecular weight is 342 g/mol. The largest absolute Gasteiger partial charge is 0.481 e. The van der Waals surface area contributed by atoms with Crippen LogP contribution in [-0.4, -0.2) is 17.7 Å². The van der Waals surface area contributed by atoms with Crippen LogP contribution in [-0.2, 0) is 11.2 Å². The molecule has 0 saturated heterocycles. The van der Waals surface area contributed by atoms with E-state index in [1.54, 1.807) is 12.1 Å². The highest BCUT2D eigenvalue weighted by atomic mass is 127. The van der Waals surface area contributed by atoms with E-state index in [1.165, 1.54) is 6.07 Å². The minimum atomic E-state index is -2.90. The summed E-state index contributed by atoms with van der Waals surface area (Å²) < 4.78 is 29.3. The van der Waals surface area contributed by atoms with Crippen LogP contribution in [0.5, 0.6) is 5.75 Å². The molecule has 1 N–H and O–H groups in total. The molecule has 6 heteroatoms. The summed E-state index contributed by atoms with van der Waals surface area (Å²) in [6.07, 6.45) is 0.0640. The summed E-state index contributed by atoms with van der Waals surface area (Å²) in [5, 5.41) is 8.51. The third-order valence-corrected chi connectivity index (χ3v) is 2.52. The molecule has 0 amide bonds. The molecule has 88 valence electrons. The molecular formula is C10H9F2IO3. The second kappa shape index (κ2) is 5.97. The SMILES string of the molecule is O=C(O)CCc1ccc(I)cc1OC(F)F. The van der Waals surface area contributed by atoms with Gasteiger partial charge in [-0.2, -0.15) is 8.78 Å². The van der Waals surface area contributed by atoms with Crippen LogP contribution in [0.4, 0.5) is 8.78 Å². The van der Waals surface area contributed by atoms with Gasteiger partial charge >= 0.3 is 12.6 Å². The van der Waals surface area contributed by atoms with Gasteiger partial charge in [-0.15, -0.1) is 0 Å². The molecule has 1 aromatic rings. The summed E-state index contributed by atoms with van der Waals surface area (Å²) in [5.41, 5.74) is 0.475. The van der Waals surface area contributed by atoms with E-state index >= 15 is 0 Å². The van der Waals surface area contributed by atoms with Gasteiger partial charge in [0.1, 0.15) is 5.75 Å². The Balaban J connectivity index is 2.84. The highest BCUT2D eigenvalue weighted by Gasteiger charge is 2.11. The molecule has 0 heterocycles. The minimum absolute atomic E-state index is 0.0446. The number of aliphatic carboxylic acids is 1. The van der Waals surface area contributed by atoms with Crippen molar-refractivity contribution in [1.29, 1.82) is 0 Å². The predicted molar refractivity (Wildman–Crippen MR) is 61.7 cm³/mol. The number of carboxylic acids is 1. The quantitative estimate of drug-likeness (QED) is 0.837. The van der Waals surface area contributed by atoms with Crippen LogP contribution in [0.2, 0.25) is 0 Å². The van der Waals surface area contributed by atoms with Crippen LogP contribution in [0.15, 0.2) is 18.2 Å². The molecule has 0 aliphatic carbocycles. The lowest BCUT2D eigenvalue weighted by Crippen LogP contribution is -2.06. The first kappa shape index (κ1) is 13.1. The van der Waals surface area contributed by atoms with E-state index in [2.05, 4.69) is 4.74 Å². The molecule has 1 rings (SSSR count). The van der Waals surface area contributed by atoms with Gasteiger partial charge in [-0.1, -0.05) is 6.07 Å². The van der Waals surface area contributed by atoms with Crippen LogP contribution in [0.1, 0.15) is 12.0 Å². The Kier molecular flexibility index (Phi) is 4.91. The zero-order chi connectivity index (χ0) is 12.1. The number of alkyl halides is 2. The van der Waals surface area contributed by atoms with Crippen molar-refractivity contribution in [2.75, 3.05) is 0 Å². The summed E-state index contributed by atoms with van der Waals surface area (Å²) in [5.74, 6) is -0.926. The third kappa shape index (κ3) is 4.30. The number of carbonyl (C=O) groups is 1. The lowest BCUT2D eigenvalue weighted by molar-refractivity contribution is -0.136. The minimum Gasteiger partial charge on any atom is -0.481 e. The molecule has 0 bridgehead atoms. The molecular weight excluding hydrogens is 333 g/mol. The number of rotatable bonds is 5. The number of hydrogen-bond acceptors (Lipinski definition) is 2. The van der Waals surface area contributed by atoms with Crippen molar-refractivity contribution >= 4 is 28.6 Å². The van der Waals surface area contributed by atoms with Crippen molar-refractivity contribution in [2.45, 2.75) is 19.5 Å². The fourth-order valence-electron chi connectivity index (χ4n) is 1.18. The van der Waals surface area contributed by atoms with Crippen LogP contribution in [0.25, 0.3) is 0 Å². The van der Waals surface area contributed by atoms with E-state index in [0.717, 1.165) is 3.57 Å². The molecule has 0 unspecified atom stereocenters. The Bertz CT molecular complexity index is 382. The van der Waals surface area contributed by atoms with Gasteiger partial charge in [-0.25, -0.2) is 0 Å². The topological polar surface area (TPSA) is 46.5 Å². The maximum atomic E-state index is 12.1. The molecule has 0 aliphatic heterocycles. The van der Waals surface area contributed by atoms with Gasteiger partial charge < -0.3 is 9.84 Å². The summed E-state index contributed by atoms with van der Waals surface area (Å²) >= 11 is 1.97. The van der Waals surface area contributed by atoms with Crippen molar-refractivity contribution in [3.63, 3.8) is 0 Å². The number of ether oxygens (including phenoxy) is 1. The summed E-state index contributed by atoms with van der Waals surface area (Å²) in [6.45, 7) is -2.90. The normalized spacial score (nSPS) is 10.5. The molecule has 0 spiro atoms. The van der Waals surface area contributed by atoms with E-state index in [9.17, 15) is 13.6 Å². The highest BCUT2D eigenvalue weighted by Crippen LogP contribution is 2.24. The lowest BCUT2D eigenvalue weighted by atomic mass is 10.1. The van der Waals surface area contributed by atoms with E-state index < -0.39 is 12.6 Å². The molecule has 3 nitrogen and oxygen atoms in total. The van der Waals surface area contributed by atoms with Crippen LogP contribution >= 0.6 is 22.6 Å². The van der Waals surface area contributed by atoms with Gasteiger partial charge in [0.25, 0.3) is 0 Å². The fourth-order valence-corrected chi connectivity index (χ4v) is 1.64. The van der Waals surface area contributed by atoms with Crippen molar-refractivity contribution in [3.05, 3.63) is 27.3 Å². The molecule has 0 atom stereocenters. The van der Waals surface area contributed by atoms with Crippen molar-refractivity contribution in [2.24, 2.45) is 0 Å². The van der Waals surface area contributed by atoms with Crippen LogP contribution in [0, 0.1) is 3.57 Å². The number of aryl methyl sites for hydroxylation is 1. The maximum Gasteiger partial charge on any atom is 0.387 e. The summed E-state index contributed by atoms with van der Waals surface area (Å²) in [4.78, 5) is 10.4. The van der Waals surface area contributed by atoms with E-state index in [4.69, 9.17) is 5.11 Å². The molecule has 0 fully saturated rings. The molecule has 0 saturated carbocycles. The first-order chi connectivity index (χ1) is 7.49. The van der Waals surface area contributed by atoms with E-state index in [1.807, 2.05) is 22.6 Å². The maximum absolute atomic E-state index is 12.1. The average Bonchev–Trinajstić information content (AvgIpc) is 2.15. The molecule has 0 aliphatic rings. The van der Waals surface area contributed by atoms with Gasteiger partial charge in [0.05, 0.1) is 0 Å². The second-order valence-electron chi connectivity index (χ2n) is 3.02. The van der Waals surface area contributed by atoms with E-state index in [0.29, 0.717) is 5.56 Å². The second-order valence-corrected chi connectivity index (χ2v) is 4.27. The first-order valence-electron chi connectivity index (χ1n) is 4.44. The van der Waals surface area contributed by atoms with Gasteiger partial charge in [-0.3, -0.25) is 4.79 Å². The Morgan fingerprint density at radius 2 is 2.19 bits per heavy atom. The summed E-state index contributed by atoms with van der Waals surface area (Å²) in [7, 11) is 0. The van der Waals surface area contributed by atoms with Gasteiger partial charge in [0, 0.05) is 9.99 Å². The standard InChI is InChI=1S/C10H9F2IO3/c11-10(12)16-8-5-7(13)3-1-6(8)2-4-9(14)15/h1,3,5,10H,2,4H2,(H,14,15). The van der Waals surface area contributed by atoms with Gasteiger partial charge in [-0.05, 0) is 46.7 Å². The Morgan fingerprint density at radius 1 is 1.50 bits per heavy atom. The van der Waals surface area contributed by atoms with Crippen molar-refractivity contribution in [3.8, 4) is 5.75 Å².